The van der Waals surface area contributed by atoms with Crippen molar-refractivity contribution < 1.29 is 17.6 Å². The predicted octanol–water partition coefficient (Wildman–Crippen LogP) is 6.12. The largest absolute Gasteiger partial charge is 0.204 e. The topological polar surface area (TPSA) is 0 Å². The monoisotopic (exact) mass is 548 g/mol. The average Bonchev–Trinajstić information content (AvgIpc) is 2.56. The van der Waals surface area contributed by atoms with Crippen molar-refractivity contribution in [2.75, 3.05) is 0 Å². The molecule has 0 saturated heterocycles. The van der Waals surface area contributed by atoms with E-state index < -0.39 is 23.3 Å². The molecule has 0 unspecified atom stereocenters. The van der Waals surface area contributed by atoms with E-state index in [9.17, 15) is 17.6 Å². The smallest absolute Gasteiger partial charge is 0.159 e. The maximum Gasteiger partial charge on any atom is 0.159 e. The minimum Gasteiger partial charge on any atom is -0.204 e. The van der Waals surface area contributed by atoms with Gasteiger partial charge in [-0.1, -0.05) is 53.3 Å². The van der Waals surface area contributed by atoms with Crippen LogP contribution in [0.4, 0.5) is 17.6 Å². The van der Waals surface area contributed by atoms with Gasteiger partial charge < -0.3 is 0 Å². The van der Waals surface area contributed by atoms with E-state index in [1.807, 2.05) is 0 Å². The quantitative estimate of drug-likeness (QED) is 0.205. The molecule has 0 saturated carbocycles. The van der Waals surface area contributed by atoms with E-state index in [1.54, 1.807) is 20.0 Å². The highest BCUT2D eigenvalue weighted by Crippen LogP contribution is 2.40. The molecule has 8 heteroatoms. The maximum absolute atomic E-state index is 13.7. The molecule has 0 aliphatic carbocycles. The van der Waals surface area contributed by atoms with Crippen LogP contribution in [0.1, 0.15) is 0 Å². The van der Waals surface area contributed by atoms with Crippen LogP contribution in [0.25, 0.3) is 22.3 Å². The Hall–Kier alpha value is -1.12. The van der Waals surface area contributed by atoms with Gasteiger partial charge in [-0.25, -0.2) is 17.6 Å². The highest BCUT2D eigenvalue weighted by molar-refractivity contribution is 9.11. The van der Waals surface area contributed by atoms with Gasteiger partial charge in [-0.05, 0) is 53.1 Å². The van der Waals surface area contributed by atoms with Crippen LogP contribution in [-0.2, 0) is 0 Å². The Bertz CT molecular complexity index is 954. The summed E-state index contributed by atoms with van der Waals surface area (Å²) in [5, 5.41) is 0. The van der Waals surface area contributed by atoms with Gasteiger partial charge in [-0.3, -0.25) is 0 Å². The van der Waals surface area contributed by atoms with Crippen LogP contribution in [-0.4, -0.2) is 7.85 Å². The molecule has 3 aromatic carbocycles. The van der Waals surface area contributed by atoms with Crippen LogP contribution in [0, 0.1) is 23.3 Å². The Morgan fingerprint density at radius 2 is 0.846 bits per heavy atom. The van der Waals surface area contributed by atoms with E-state index in [2.05, 4.69) is 47.8 Å². The molecule has 132 valence electrons. The molecular formula is C18H8BBr3F4. The molecule has 0 bridgehead atoms. The Balaban J connectivity index is 2.19. The molecule has 26 heavy (non-hydrogen) atoms. The third-order valence-electron chi connectivity index (χ3n) is 3.91. The Labute approximate surface area is 173 Å². The summed E-state index contributed by atoms with van der Waals surface area (Å²) in [5.41, 5.74) is 2.78. The first-order chi connectivity index (χ1) is 12.2. The van der Waals surface area contributed by atoms with Gasteiger partial charge in [0.2, 0.25) is 0 Å². The summed E-state index contributed by atoms with van der Waals surface area (Å²) in [6, 6.07) is 7.83. The predicted molar refractivity (Wildman–Crippen MR) is 108 cm³/mol. The fourth-order valence-electron chi connectivity index (χ4n) is 2.63. The number of hydrogen-bond donors (Lipinski definition) is 0. The first-order valence-corrected chi connectivity index (χ1v) is 9.67. The third kappa shape index (κ3) is 3.64. The zero-order valence-corrected chi connectivity index (χ0v) is 17.9. The van der Waals surface area contributed by atoms with Gasteiger partial charge in [0.05, 0.1) is 0 Å². The maximum atomic E-state index is 13.7. The third-order valence-corrected chi connectivity index (χ3v) is 5.88. The van der Waals surface area contributed by atoms with Crippen LogP contribution in [0.3, 0.4) is 0 Å². The first kappa shape index (κ1) is 19.6. The van der Waals surface area contributed by atoms with Gasteiger partial charge in [-0.15, -0.1) is 0 Å². The zero-order chi connectivity index (χ0) is 19.2. The fourth-order valence-corrected chi connectivity index (χ4v) is 4.27. The molecule has 0 spiro atoms. The lowest BCUT2D eigenvalue weighted by Crippen LogP contribution is -2.09. The average molecular weight is 551 g/mol. The Kier molecular flexibility index (Phi) is 5.65. The fraction of sp³-hybridized carbons (Fsp3) is 0. The zero-order valence-electron chi connectivity index (χ0n) is 13.1. The summed E-state index contributed by atoms with van der Waals surface area (Å²) in [6.45, 7) is 0. The van der Waals surface area contributed by atoms with Crippen molar-refractivity contribution in [1.29, 1.82) is 0 Å². The number of benzene rings is 3. The summed E-state index contributed by atoms with van der Waals surface area (Å²) in [7, 11) is 1.68. The molecule has 0 amide bonds. The van der Waals surface area contributed by atoms with Crippen LogP contribution < -0.4 is 5.46 Å². The molecule has 0 aliphatic rings. The highest BCUT2D eigenvalue weighted by atomic mass is 79.9. The first-order valence-electron chi connectivity index (χ1n) is 7.29. The van der Waals surface area contributed by atoms with E-state index >= 15 is 0 Å². The minimum atomic E-state index is -0.966. The lowest BCUT2D eigenvalue weighted by molar-refractivity contribution is 0.508. The molecule has 0 radical (unpaired) electrons. The molecule has 0 aliphatic heterocycles. The molecule has 0 heterocycles. The van der Waals surface area contributed by atoms with Crippen LogP contribution >= 0.6 is 47.8 Å². The van der Waals surface area contributed by atoms with Crippen molar-refractivity contribution in [2.24, 2.45) is 0 Å². The molecule has 0 aromatic heterocycles. The van der Waals surface area contributed by atoms with Crippen LogP contribution in [0.5, 0.6) is 0 Å². The van der Waals surface area contributed by atoms with Crippen molar-refractivity contribution in [1.82, 2.24) is 0 Å². The summed E-state index contributed by atoms with van der Waals surface area (Å²) in [4.78, 5) is 0. The summed E-state index contributed by atoms with van der Waals surface area (Å²) < 4.78 is 55.7. The van der Waals surface area contributed by atoms with E-state index in [4.69, 9.17) is 0 Å². The van der Waals surface area contributed by atoms with Crippen LogP contribution in [0.2, 0.25) is 0 Å². The van der Waals surface area contributed by atoms with Gasteiger partial charge >= 0.3 is 0 Å². The van der Waals surface area contributed by atoms with E-state index in [1.165, 1.54) is 0 Å². The van der Waals surface area contributed by atoms with E-state index in [-0.39, 0.29) is 0 Å². The van der Waals surface area contributed by atoms with Crippen molar-refractivity contribution >= 4 is 61.1 Å². The van der Waals surface area contributed by atoms with Gasteiger partial charge in [0.25, 0.3) is 0 Å². The second kappa shape index (κ2) is 7.48. The molecule has 3 rings (SSSR count). The standard InChI is InChI=1S/C18H8BBr3F4/c19-11-5-17(25)15(23)3-7(11)8-1-13(21)9(2-12(8)20)10-4-16(24)18(26)6-14(10)22/h1-6H,19H2. The summed E-state index contributed by atoms with van der Waals surface area (Å²) in [5.74, 6) is -3.78. The van der Waals surface area contributed by atoms with Crippen molar-refractivity contribution in [3.8, 4) is 22.3 Å². The van der Waals surface area contributed by atoms with Crippen molar-refractivity contribution in [2.45, 2.75) is 0 Å². The Morgan fingerprint density at radius 3 is 1.42 bits per heavy atom. The molecule has 0 N–H and O–H groups in total. The molecule has 3 aromatic rings. The minimum absolute atomic E-state index is 0.390. The Morgan fingerprint density at radius 1 is 0.500 bits per heavy atom. The van der Waals surface area contributed by atoms with E-state index in [0.717, 1.165) is 24.3 Å². The summed E-state index contributed by atoms with van der Waals surface area (Å²) in [6.07, 6.45) is 0. The van der Waals surface area contributed by atoms with Crippen molar-refractivity contribution in [3.63, 3.8) is 0 Å². The van der Waals surface area contributed by atoms with Crippen molar-refractivity contribution in [3.05, 3.63) is 73.1 Å². The highest BCUT2D eigenvalue weighted by Gasteiger charge is 2.17. The van der Waals surface area contributed by atoms with E-state index in [0.29, 0.717) is 41.1 Å². The normalized spacial score (nSPS) is 11.0. The van der Waals surface area contributed by atoms with Gasteiger partial charge in [0.15, 0.2) is 23.3 Å². The second-order valence-electron chi connectivity index (χ2n) is 5.64. The lowest BCUT2D eigenvalue weighted by atomic mass is 9.86. The summed E-state index contributed by atoms with van der Waals surface area (Å²) >= 11 is 10.1. The number of hydrogen-bond acceptors (Lipinski definition) is 0. The molecule has 0 fully saturated rings. The molecular weight excluding hydrogens is 543 g/mol. The molecule has 0 nitrogen and oxygen atoms in total. The van der Waals surface area contributed by atoms with Crippen LogP contribution in [0.15, 0.2) is 49.8 Å². The number of rotatable bonds is 2. The SMILES string of the molecule is Bc1cc(F)c(F)cc1-c1cc(Br)c(-c2cc(F)c(F)cc2Br)cc1Br. The number of halogens is 7. The second-order valence-corrected chi connectivity index (χ2v) is 8.20. The lowest BCUT2D eigenvalue weighted by Gasteiger charge is -2.14. The van der Waals surface area contributed by atoms with Gasteiger partial charge in [0, 0.05) is 19.0 Å². The van der Waals surface area contributed by atoms with Gasteiger partial charge in [0.1, 0.15) is 7.85 Å². The van der Waals surface area contributed by atoms with Gasteiger partial charge in [-0.2, -0.15) is 0 Å². The molecule has 0 atom stereocenters.